The molecule has 0 fully saturated rings. The van der Waals surface area contributed by atoms with E-state index in [1.807, 2.05) is 57.2 Å². The van der Waals surface area contributed by atoms with Crippen LogP contribution in [0.3, 0.4) is 0 Å². The Balaban J connectivity index is 1.85. The number of thioether (sulfide) groups is 1. The van der Waals surface area contributed by atoms with Crippen molar-refractivity contribution in [2.75, 3.05) is 11.1 Å². The van der Waals surface area contributed by atoms with Crippen molar-refractivity contribution in [2.45, 2.75) is 26.0 Å². The number of para-hydroxylation sites is 1. The van der Waals surface area contributed by atoms with Crippen LogP contribution in [0.1, 0.15) is 23.6 Å². The monoisotopic (exact) mass is 325 g/mol. The second-order valence-electron chi connectivity index (χ2n) is 5.54. The molecule has 2 aromatic rings. The fraction of sp³-hybridized carbons (Fsp3) is 0.250. The Morgan fingerprint density at radius 1 is 1.09 bits per heavy atom. The third kappa shape index (κ3) is 5.29. The Hall–Kier alpha value is -2.00. The molecule has 0 bridgehead atoms. The third-order valence-electron chi connectivity index (χ3n) is 3.65. The van der Waals surface area contributed by atoms with Gasteiger partial charge in [0.15, 0.2) is 0 Å². The molecule has 3 heteroatoms. The predicted octanol–water partition coefficient (Wildman–Crippen LogP) is 5.08. The number of carbonyl (C=O) groups excluding carboxylic acids is 1. The zero-order valence-corrected chi connectivity index (χ0v) is 14.7. The topological polar surface area (TPSA) is 29.1 Å². The summed E-state index contributed by atoms with van der Waals surface area (Å²) in [5.41, 5.74) is 4.31. The maximum absolute atomic E-state index is 12.3. The van der Waals surface area contributed by atoms with Gasteiger partial charge >= 0.3 is 0 Å². The van der Waals surface area contributed by atoms with E-state index < -0.39 is 0 Å². The highest BCUT2D eigenvalue weighted by molar-refractivity contribution is 8.00. The van der Waals surface area contributed by atoms with E-state index in [-0.39, 0.29) is 11.2 Å². The number of anilines is 1. The number of aryl methyl sites for hydroxylation is 2. The number of hydrogen-bond donors (Lipinski definition) is 1. The van der Waals surface area contributed by atoms with E-state index in [4.69, 9.17) is 0 Å². The lowest BCUT2D eigenvalue weighted by Gasteiger charge is -2.14. The van der Waals surface area contributed by atoms with Gasteiger partial charge in [0.2, 0.25) is 5.91 Å². The van der Waals surface area contributed by atoms with E-state index in [1.54, 1.807) is 11.8 Å². The van der Waals surface area contributed by atoms with Crippen molar-refractivity contribution in [2.24, 2.45) is 0 Å². The molecule has 1 amide bonds. The maximum atomic E-state index is 12.3. The second kappa shape index (κ2) is 8.59. The summed E-state index contributed by atoms with van der Waals surface area (Å²) in [4.78, 5) is 12.3. The molecule has 0 radical (unpaired) electrons. The van der Waals surface area contributed by atoms with Gasteiger partial charge in [-0.15, -0.1) is 11.8 Å². The van der Waals surface area contributed by atoms with E-state index in [1.165, 1.54) is 5.56 Å². The minimum atomic E-state index is -0.0885. The smallest absolute Gasteiger partial charge is 0.237 e. The van der Waals surface area contributed by atoms with Crippen LogP contribution < -0.4 is 5.32 Å². The lowest BCUT2D eigenvalue weighted by Crippen LogP contribution is -2.23. The minimum absolute atomic E-state index is 0.0560. The van der Waals surface area contributed by atoms with Gasteiger partial charge in [0.25, 0.3) is 0 Å². The van der Waals surface area contributed by atoms with Gasteiger partial charge in [-0.1, -0.05) is 60.7 Å². The van der Waals surface area contributed by atoms with Crippen molar-refractivity contribution in [3.05, 3.63) is 71.3 Å². The average Bonchev–Trinajstić information content (AvgIpc) is 2.55. The molecule has 0 aliphatic rings. The van der Waals surface area contributed by atoms with Gasteiger partial charge in [0, 0.05) is 11.4 Å². The van der Waals surface area contributed by atoms with Crippen LogP contribution in [0.2, 0.25) is 0 Å². The highest BCUT2D eigenvalue weighted by Crippen LogP contribution is 2.21. The summed E-state index contributed by atoms with van der Waals surface area (Å²) in [7, 11) is 0. The van der Waals surface area contributed by atoms with Crippen LogP contribution in [0.25, 0.3) is 6.08 Å². The molecule has 2 rings (SSSR count). The first-order valence-corrected chi connectivity index (χ1v) is 8.83. The first-order valence-electron chi connectivity index (χ1n) is 7.78. The lowest BCUT2D eigenvalue weighted by molar-refractivity contribution is -0.115. The normalized spacial score (nSPS) is 12.3. The van der Waals surface area contributed by atoms with Crippen molar-refractivity contribution in [3.63, 3.8) is 0 Å². The van der Waals surface area contributed by atoms with E-state index in [0.29, 0.717) is 0 Å². The van der Waals surface area contributed by atoms with Crippen LogP contribution in [0.4, 0.5) is 5.69 Å². The van der Waals surface area contributed by atoms with Crippen LogP contribution in [0.15, 0.2) is 54.6 Å². The number of hydrogen-bond acceptors (Lipinski definition) is 2. The molecule has 2 nitrogen and oxygen atoms in total. The number of carbonyl (C=O) groups is 1. The van der Waals surface area contributed by atoms with Crippen LogP contribution >= 0.6 is 11.8 Å². The zero-order chi connectivity index (χ0) is 16.7. The molecular weight excluding hydrogens is 302 g/mol. The van der Waals surface area contributed by atoms with Crippen molar-refractivity contribution in [1.82, 2.24) is 0 Å². The van der Waals surface area contributed by atoms with Gasteiger partial charge in [-0.05, 0) is 37.5 Å². The fourth-order valence-electron chi connectivity index (χ4n) is 2.26. The Morgan fingerprint density at radius 2 is 1.74 bits per heavy atom. The van der Waals surface area contributed by atoms with Gasteiger partial charge in [0.05, 0.1) is 5.25 Å². The SMILES string of the molecule is Cc1cccc(C)c1NC(=O)[C@@H](C)SC/C=C\c1ccccc1. The summed E-state index contributed by atoms with van der Waals surface area (Å²) >= 11 is 1.64. The minimum Gasteiger partial charge on any atom is -0.325 e. The third-order valence-corrected chi connectivity index (χ3v) is 4.75. The molecule has 1 atom stereocenters. The number of rotatable bonds is 6. The number of nitrogens with one attached hydrogen (secondary N) is 1. The second-order valence-corrected chi connectivity index (χ2v) is 6.92. The Labute approximate surface area is 143 Å². The van der Waals surface area contributed by atoms with Gasteiger partial charge < -0.3 is 5.32 Å². The predicted molar refractivity (Wildman–Crippen MR) is 102 cm³/mol. The molecule has 0 unspecified atom stereocenters. The molecule has 0 aliphatic heterocycles. The van der Waals surface area contributed by atoms with Crippen molar-refractivity contribution < 1.29 is 4.79 Å². The summed E-state index contributed by atoms with van der Waals surface area (Å²) in [5.74, 6) is 0.872. The molecule has 2 aromatic carbocycles. The number of benzene rings is 2. The summed E-state index contributed by atoms with van der Waals surface area (Å²) in [6.45, 7) is 5.98. The van der Waals surface area contributed by atoms with Crippen molar-refractivity contribution >= 4 is 29.4 Å². The molecule has 0 saturated carbocycles. The Kier molecular flexibility index (Phi) is 6.48. The standard InChI is InChI=1S/C20H23NOS/c1-15-9-7-10-16(2)19(15)21-20(22)17(3)23-14-8-13-18-11-5-4-6-12-18/h4-13,17H,14H2,1-3H3,(H,21,22)/b13-8-/t17-/m1/s1. The van der Waals surface area contributed by atoms with E-state index in [2.05, 4.69) is 29.6 Å². The van der Waals surface area contributed by atoms with Gasteiger partial charge in [-0.25, -0.2) is 0 Å². The molecule has 23 heavy (non-hydrogen) atoms. The molecule has 120 valence electrons. The quantitative estimate of drug-likeness (QED) is 0.802. The van der Waals surface area contributed by atoms with E-state index in [0.717, 1.165) is 22.6 Å². The van der Waals surface area contributed by atoms with Crippen LogP contribution in [0, 0.1) is 13.8 Å². The van der Waals surface area contributed by atoms with Crippen molar-refractivity contribution in [3.8, 4) is 0 Å². The first-order chi connectivity index (χ1) is 11.1. The van der Waals surface area contributed by atoms with E-state index in [9.17, 15) is 4.79 Å². The van der Waals surface area contributed by atoms with Crippen molar-refractivity contribution in [1.29, 1.82) is 0 Å². The molecule has 0 aromatic heterocycles. The Morgan fingerprint density at radius 3 is 2.39 bits per heavy atom. The number of amides is 1. The fourth-order valence-corrected chi connectivity index (χ4v) is 2.97. The molecule has 0 heterocycles. The Bertz CT molecular complexity index is 659. The van der Waals surface area contributed by atoms with Crippen LogP contribution in [-0.4, -0.2) is 16.9 Å². The average molecular weight is 325 g/mol. The first kappa shape index (κ1) is 17.4. The summed E-state index contributed by atoms with van der Waals surface area (Å²) < 4.78 is 0. The highest BCUT2D eigenvalue weighted by Gasteiger charge is 2.14. The molecule has 0 saturated heterocycles. The van der Waals surface area contributed by atoms with E-state index >= 15 is 0 Å². The van der Waals surface area contributed by atoms with Gasteiger partial charge in [-0.3, -0.25) is 4.79 Å². The van der Waals surface area contributed by atoms with Crippen LogP contribution in [-0.2, 0) is 4.79 Å². The summed E-state index contributed by atoms with van der Waals surface area (Å²) in [6, 6.07) is 16.2. The lowest BCUT2D eigenvalue weighted by atomic mass is 10.1. The molecule has 1 N–H and O–H groups in total. The largest absolute Gasteiger partial charge is 0.325 e. The summed E-state index contributed by atoms with van der Waals surface area (Å²) in [6.07, 6.45) is 4.19. The van der Waals surface area contributed by atoms with Crippen LogP contribution in [0.5, 0.6) is 0 Å². The highest BCUT2D eigenvalue weighted by atomic mass is 32.2. The van der Waals surface area contributed by atoms with Gasteiger partial charge in [0.1, 0.15) is 0 Å². The molecule has 0 spiro atoms. The molecule has 0 aliphatic carbocycles. The summed E-state index contributed by atoms with van der Waals surface area (Å²) in [5, 5.41) is 2.96. The maximum Gasteiger partial charge on any atom is 0.237 e. The molecular formula is C20H23NOS. The van der Waals surface area contributed by atoms with Gasteiger partial charge in [-0.2, -0.15) is 0 Å². The zero-order valence-electron chi connectivity index (χ0n) is 13.9.